The highest BCUT2D eigenvalue weighted by atomic mass is 32.1. The molecule has 0 saturated heterocycles. The van der Waals surface area contributed by atoms with Crippen LogP contribution in [0.15, 0.2) is 54.0 Å². The molecule has 2 N–H and O–H groups in total. The molecule has 1 aromatic carbocycles. The summed E-state index contributed by atoms with van der Waals surface area (Å²) >= 11 is 1.65. The first-order valence-corrected chi connectivity index (χ1v) is 6.90. The lowest BCUT2D eigenvalue weighted by atomic mass is 10.2. The molecule has 0 spiro atoms. The SMILES string of the molecule is Nc1ncccc1Cc1nc(-c2ccccc2)cs1. The van der Waals surface area contributed by atoms with Crippen LogP contribution >= 0.6 is 11.3 Å². The first kappa shape index (κ1) is 11.9. The van der Waals surface area contributed by atoms with Crippen LogP contribution in [-0.2, 0) is 6.42 Å². The van der Waals surface area contributed by atoms with Gasteiger partial charge in [-0.05, 0) is 6.07 Å². The monoisotopic (exact) mass is 267 g/mol. The van der Waals surface area contributed by atoms with E-state index in [1.165, 1.54) is 0 Å². The van der Waals surface area contributed by atoms with Gasteiger partial charge in [-0.3, -0.25) is 0 Å². The van der Waals surface area contributed by atoms with Crippen molar-refractivity contribution in [3.63, 3.8) is 0 Å². The van der Waals surface area contributed by atoms with E-state index in [1.54, 1.807) is 17.5 Å². The van der Waals surface area contributed by atoms with Crippen molar-refractivity contribution in [3.05, 3.63) is 64.6 Å². The van der Waals surface area contributed by atoms with E-state index in [-0.39, 0.29) is 0 Å². The molecule has 2 heterocycles. The second-order valence-electron chi connectivity index (χ2n) is 4.22. The summed E-state index contributed by atoms with van der Waals surface area (Å²) in [4.78, 5) is 8.75. The Labute approximate surface area is 115 Å². The van der Waals surface area contributed by atoms with E-state index >= 15 is 0 Å². The standard InChI is InChI=1S/C15H13N3S/c16-15-12(7-4-8-17-15)9-14-18-13(10-19-14)11-5-2-1-3-6-11/h1-8,10H,9H2,(H2,16,17). The number of hydrogen-bond acceptors (Lipinski definition) is 4. The molecular formula is C15H13N3S. The third kappa shape index (κ3) is 2.63. The lowest BCUT2D eigenvalue weighted by molar-refractivity contribution is 1.12. The summed E-state index contributed by atoms with van der Waals surface area (Å²) in [6.45, 7) is 0. The molecule has 4 heteroatoms. The minimum absolute atomic E-state index is 0.582. The topological polar surface area (TPSA) is 51.8 Å². The number of anilines is 1. The largest absolute Gasteiger partial charge is 0.383 e. The number of rotatable bonds is 3. The Morgan fingerprint density at radius 2 is 1.89 bits per heavy atom. The highest BCUT2D eigenvalue weighted by Crippen LogP contribution is 2.24. The van der Waals surface area contributed by atoms with Crippen molar-refractivity contribution in [1.82, 2.24) is 9.97 Å². The van der Waals surface area contributed by atoms with Gasteiger partial charge in [-0.15, -0.1) is 11.3 Å². The number of hydrogen-bond donors (Lipinski definition) is 1. The highest BCUT2D eigenvalue weighted by Gasteiger charge is 2.07. The van der Waals surface area contributed by atoms with Gasteiger partial charge < -0.3 is 5.73 Å². The normalized spacial score (nSPS) is 10.5. The van der Waals surface area contributed by atoms with Gasteiger partial charge in [0.1, 0.15) is 5.82 Å². The summed E-state index contributed by atoms with van der Waals surface area (Å²) in [5.41, 5.74) is 9.04. The quantitative estimate of drug-likeness (QED) is 0.791. The Morgan fingerprint density at radius 3 is 2.68 bits per heavy atom. The first-order valence-electron chi connectivity index (χ1n) is 6.02. The molecule has 0 aliphatic rings. The summed E-state index contributed by atoms with van der Waals surface area (Å²) in [6, 6.07) is 14.1. The summed E-state index contributed by atoms with van der Waals surface area (Å²) in [6.07, 6.45) is 2.44. The lowest BCUT2D eigenvalue weighted by Gasteiger charge is -2.01. The highest BCUT2D eigenvalue weighted by molar-refractivity contribution is 7.10. The smallest absolute Gasteiger partial charge is 0.126 e. The molecule has 19 heavy (non-hydrogen) atoms. The lowest BCUT2D eigenvalue weighted by Crippen LogP contribution is -1.97. The van der Waals surface area contributed by atoms with Crippen molar-refractivity contribution in [1.29, 1.82) is 0 Å². The van der Waals surface area contributed by atoms with Crippen LogP contribution in [0.2, 0.25) is 0 Å². The van der Waals surface area contributed by atoms with E-state index in [9.17, 15) is 0 Å². The van der Waals surface area contributed by atoms with Gasteiger partial charge in [0.2, 0.25) is 0 Å². The van der Waals surface area contributed by atoms with Crippen LogP contribution < -0.4 is 5.73 Å². The van der Waals surface area contributed by atoms with Crippen molar-refractivity contribution < 1.29 is 0 Å². The minimum Gasteiger partial charge on any atom is -0.383 e. The van der Waals surface area contributed by atoms with Crippen molar-refractivity contribution in [2.45, 2.75) is 6.42 Å². The van der Waals surface area contributed by atoms with Gasteiger partial charge >= 0.3 is 0 Å². The molecule has 94 valence electrons. The molecule has 0 fully saturated rings. The van der Waals surface area contributed by atoms with E-state index in [2.05, 4.69) is 27.5 Å². The number of nitrogen functional groups attached to an aromatic ring is 1. The fourth-order valence-electron chi connectivity index (χ4n) is 1.90. The zero-order valence-electron chi connectivity index (χ0n) is 10.3. The average Bonchev–Trinajstić information content (AvgIpc) is 2.91. The fraction of sp³-hybridized carbons (Fsp3) is 0.0667. The number of benzene rings is 1. The Bertz CT molecular complexity index is 677. The fourth-order valence-corrected chi connectivity index (χ4v) is 2.72. The average molecular weight is 267 g/mol. The maximum Gasteiger partial charge on any atom is 0.126 e. The number of thiazole rings is 1. The summed E-state index contributed by atoms with van der Waals surface area (Å²) in [5.74, 6) is 0.582. The molecule has 0 aliphatic carbocycles. The molecule has 0 aliphatic heterocycles. The molecule has 3 rings (SSSR count). The van der Waals surface area contributed by atoms with E-state index in [1.807, 2.05) is 30.3 Å². The van der Waals surface area contributed by atoms with Gasteiger partial charge in [-0.2, -0.15) is 0 Å². The summed E-state index contributed by atoms with van der Waals surface area (Å²) in [7, 11) is 0. The molecule has 0 radical (unpaired) electrons. The summed E-state index contributed by atoms with van der Waals surface area (Å²) in [5, 5.41) is 3.13. The predicted octanol–water partition coefficient (Wildman–Crippen LogP) is 3.38. The van der Waals surface area contributed by atoms with Gasteiger partial charge in [0.15, 0.2) is 0 Å². The van der Waals surface area contributed by atoms with Crippen LogP contribution in [0.4, 0.5) is 5.82 Å². The Balaban J connectivity index is 1.85. The van der Waals surface area contributed by atoms with Crippen LogP contribution in [0.25, 0.3) is 11.3 Å². The number of nitrogens with zero attached hydrogens (tertiary/aromatic N) is 2. The molecule has 0 atom stereocenters. The number of aromatic nitrogens is 2. The van der Waals surface area contributed by atoms with Gasteiger partial charge in [-0.25, -0.2) is 9.97 Å². The zero-order valence-corrected chi connectivity index (χ0v) is 11.1. The van der Waals surface area contributed by atoms with Crippen LogP contribution in [-0.4, -0.2) is 9.97 Å². The van der Waals surface area contributed by atoms with E-state index in [0.717, 1.165) is 28.2 Å². The van der Waals surface area contributed by atoms with Gasteiger partial charge in [-0.1, -0.05) is 36.4 Å². The first-order chi connectivity index (χ1) is 9.33. The molecule has 0 bridgehead atoms. The molecule has 0 saturated carbocycles. The third-order valence-corrected chi connectivity index (χ3v) is 3.74. The second-order valence-corrected chi connectivity index (χ2v) is 5.16. The molecular weight excluding hydrogens is 254 g/mol. The van der Waals surface area contributed by atoms with Gasteiger partial charge in [0.25, 0.3) is 0 Å². The van der Waals surface area contributed by atoms with Crippen LogP contribution in [0.5, 0.6) is 0 Å². The maximum atomic E-state index is 5.85. The molecule has 3 nitrogen and oxygen atoms in total. The number of pyridine rings is 1. The Kier molecular flexibility index (Phi) is 3.25. The molecule has 0 amide bonds. The van der Waals surface area contributed by atoms with Crippen LogP contribution in [0.3, 0.4) is 0 Å². The van der Waals surface area contributed by atoms with Crippen molar-refractivity contribution in [3.8, 4) is 11.3 Å². The van der Waals surface area contributed by atoms with E-state index in [0.29, 0.717) is 5.82 Å². The summed E-state index contributed by atoms with van der Waals surface area (Å²) < 4.78 is 0. The van der Waals surface area contributed by atoms with Gasteiger partial charge in [0.05, 0.1) is 10.7 Å². The second kappa shape index (κ2) is 5.20. The van der Waals surface area contributed by atoms with Crippen LogP contribution in [0.1, 0.15) is 10.6 Å². The zero-order chi connectivity index (χ0) is 13.1. The van der Waals surface area contributed by atoms with E-state index < -0.39 is 0 Å². The Hall–Kier alpha value is -2.20. The predicted molar refractivity (Wildman–Crippen MR) is 79.0 cm³/mol. The number of nitrogens with two attached hydrogens (primary N) is 1. The van der Waals surface area contributed by atoms with Crippen LogP contribution in [0, 0.1) is 0 Å². The molecule has 0 unspecified atom stereocenters. The van der Waals surface area contributed by atoms with Crippen molar-refractivity contribution >= 4 is 17.2 Å². The van der Waals surface area contributed by atoms with Gasteiger partial charge in [0, 0.05) is 29.1 Å². The van der Waals surface area contributed by atoms with E-state index in [4.69, 9.17) is 5.73 Å². The Morgan fingerprint density at radius 1 is 1.05 bits per heavy atom. The van der Waals surface area contributed by atoms with Crippen molar-refractivity contribution in [2.75, 3.05) is 5.73 Å². The molecule has 3 aromatic rings. The minimum atomic E-state index is 0.582. The molecule has 2 aromatic heterocycles. The third-order valence-electron chi connectivity index (χ3n) is 2.89. The maximum absolute atomic E-state index is 5.85. The van der Waals surface area contributed by atoms with Crippen molar-refractivity contribution in [2.24, 2.45) is 0 Å².